The quantitative estimate of drug-likeness (QED) is 0.289. The molecule has 0 atom stereocenters. The molecule has 2 aromatic carbocycles. The number of nitrogens with zero attached hydrogens (tertiary/aromatic N) is 1. The molecule has 6 nitrogen and oxygen atoms in total. The van der Waals surface area contributed by atoms with Crippen molar-refractivity contribution in [2.45, 2.75) is 6.42 Å². The SMILES string of the molecule is C[N+](C)(CCO)CCCNC(=O)c1cc2c(ccc3ccccc32)oc1=O. The van der Waals surface area contributed by atoms with Gasteiger partial charge in [-0.1, -0.05) is 30.3 Å². The third kappa shape index (κ3) is 4.35. The molecule has 0 unspecified atom stereocenters. The summed E-state index contributed by atoms with van der Waals surface area (Å²) in [5.41, 5.74) is -0.145. The lowest BCUT2D eigenvalue weighted by Gasteiger charge is -2.28. The Kier molecular flexibility index (Phi) is 5.58. The maximum absolute atomic E-state index is 12.5. The van der Waals surface area contributed by atoms with Crippen LogP contribution in [0.5, 0.6) is 0 Å². The van der Waals surface area contributed by atoms with Crippen molar-refractivity contribution in [1.82, 2.24) is 5.32 Å². The second-order valence-corrected chi connectivity index (χ2v) is 7.36. The lowest BCUT2D eigenvalue weighted by atomic mass is 10.0. The molecular formula is C21H25N2O4+. The number of hydrogen-bond donors (Lipinski definition) is 2. The van der Waals surface area contributed by atoms with Crippen molar-refractivity contribution in [3.63, 3.8) is 0 Å². The Bertz CT molecular complexity index is 1020. The van der Waals surface area contributed by atoms with Crippen LogP contribution in [-0.2, 0) is 0 Å². The first-order chi connectivity index (χ1) is 12.9. The van der Waals surface area contributed by atoms with Gasteiger partial charge in [-0.2, -0.15) is 0 Å². The van der Waals surface area contributed by atoms with Gasteiger partial charge >= 0.3 is 5.63 Å². The normalized spacial score (nSPS) is 11.8. The van der Waals surface area contributed by atoms with Crippen molar-refractivity contribution in [3.8, 4) is 0 Å². The summed E-state index contributed by atoms with van der Waals surface area (Å²) in [6, 6.07) is 13.0. The molecule has 0 saturated carbocycles. The second-order valence-electron chi connectivity index (χ2n) is 7.36. The molecule has 27 heavy (non-hydrogen) atoms. The van der Waals surface area contributed by atoms with E-state index in [2.05, 4.69) is 5.32 Å². The molecule has 1 heterocycles. The number of amides is 1. The molecule has 0 fully saturated rings. The summed E-state index contributed by atoms with van der Waals surface area (Å²) in [5.74, 6) is -0.425. The molecule has 0 aliphatic carbocycles. The number of quaternary nitrogens is 1. The third-order valence-corrected chi connectivity index (χ3v) is 4.82. The first-order valence-corrected chi connectivity index (χ1v) is 9.08. The van der Waals surface area contributed by atoms with Gasteiger partial charge in [0.1, 0.15) is 17.7 Å². The van der Waals surface area contributed by atoms with E-state index in [0.29, 0.717) is 23.2 Å². The van der Waals surface area contributed by atoms with E-state index in [-0.39, 0.29) is 12.2 Å². The van der Waals surface area contributed by atoms with Crippen molar-refractivity contribution in [2.24, 2.45) is 0 Å². The summed E-state index contributed by atoms with van der Waals surface area (Å²) in [7, 11) is 4.06. The fourth-order valence-electron chi connectivity index (χ4n) is 3.22. The predicted molar refractivity (Wildman–Crippen MR) is 106 cm³/mol. The monoisotopic (exact) mass is 369 g/mol. The highest BCUT2D eigenvalue weighted by molar-refractivity contribution is 6.07. The van der Waals surface area contributed by atoms with E-state index in [9.17, 15) is 9.59 Å². The van der Waals surface area contributed by atoms with Gasteiger partial charge in [0.25, 0.3) is 5.91 Å². The minimum Gasteiger partial charge on any atom is -0.422 e. The van der Waals surface area contributed by atoms with Gasteiger partial charge in [0.2, 0.25) is 0 Å². The van der Waals surface area contributed by atoms with E-state index in [0.717, 1.165) is 29.1 Å². The van der Waals surface area contributed by atoms with E-state index in [1.807, 2.05) is 44.4 Å². The number of aliphatic hydroxyl groups is 1. The Balaban J connectivity index is 1.77. The number of fused-ring (bicyclic) bond motifs is 3. The van der Waals surface area contributed by atoms with Crippen molar-refractivity contribution >= 4 is 27.6 Å². The van der Waals surface area contributed by atoms with Crippen LogP contribution >= 0.6 is 0 Å². The fourth-order valence-corrected chi connectivity index (χ4v) is 3.22. The number of likely N-dealkylation sites (N-methyl/N-ethyl adjacent to an activating group) is 1. The van der Waals surface area contributed by atoms with Crippen LogP contribution < -0.4 is 10.9 Å². The molecule has 3 rings (SSSR count). The lowest BCUT2D eigenvalue weighted by Crippen LogP contribution is -2.43. The van der Waals surface area contributed by atoms with Crippen molar-refractivity contribution < 1.29 is 18.8 Å². The van der Waals surface area contributed by atoms with E-state index >= 15 is 0 Å². The molecule has 0 spiro atoms. The molecule has 3 aromatic rings. The standard InChI is InChI=1S/C21H24N2O4/c1-23(2,12-13-24)11-5-10-22-20(25)18-14-17-16-7-4-3-6-15(16)8-9-19(17)27-21(18)26/h3-4,6-9,14,24H,5,10-13H2,1-2H3/p+1. The van der Waals surface area contributed by atoms with Gasteiger partial charge in [0.15, 0.2) is 0 Å². The van der Waals surface area contributed by atoms with Gasteiger partial charge in [-0.3, -0.25) is 4.79 Å². The third-order valence-electron chi connectivity index (χ3n) is 4.82. The van der Waals surface area contributed by atoms with Gasteiger partial charge < -0.3 is 19.3 Å². The summed E-state index contributed by atoms with van der Waals surface area (Å²) in [6.07, 6.45) is 0.751. The zero-order valence-corrected chi connectivity index (χ0v) is 15.7. The Labute approximate surface area is 157 Å². The van der Waals surface area contributed by atoms with E-state index < -0.39 is 11.5 Å². The maximum Gasteiger partial charge on any atom is 0.349 e. The van der Waals surface area contributed by atoms with Gasteiger partial charge in [0, 0.05) is 18.4 Å². The highest BCUT2D eigenvalue weighted by Gasteiger charge is 2.16. The average Bonchev–Trinajstić information content (AvgIpc) is 2.64. The molecule has 6 heteroatoms. The summed E-state index contributed by atoms with van der Waals surface area (Å²) in [4.78, 5) is 24.7. The van der Waals surface area contributed by atoms with Crippen molar-refractivity contribution in [2.75, 3.05) is 40.3 Å². The van der Waals surface area contributed by atoms with Crippen LogP contribution in [0, 0.1) is 0 Å². The predicted octanol–water partition coefficient (Wildman–Crippen LogP) is 2.13. The summed E-state index contributed by atoms with van der Waals surface area (Å²) in [6.45, 7) is 2.07. The Morgan fingerprint density at radius 1 is 1.11 bits per heavy atom. The van der Waals surface area contributed by atoms with Crippen molar-refractivity contribution in [1.29, 1.82) is 0 Å². The number of nitrogens with one attached hydrogen (secondary N) is 1. The summed E-state index contributed by atoms with van der Waals surface area (Å²) < 4.78 is 6.04. The number of rotatable bonds is 7. The van der Waals surface area contributed by atoms with Gasteiger partial charge in [0.05, 0.1) is 27.2 Å². The maximum atomic E-state index is 12.5. The number of benzene rings is 2. The smallest absolute Gasteiger partial charge is 0.349 e. The number of carbonyl (C=O) groups is 1. The Morgan fingerprint density at radius 3 is 2.67 bits per heavy atom. The molecule has 0 aliphatic heterocycles. The molecule has 2 N–H and O–H groups in total. The first-order valence-electron chi connectivity index (χ1n) is 9.08. The zero-order chi connectivity index (χ0) is 19.4. The highest BCUT2D eigenvalue weighted by atomic mass is 16.4. The molecule has 0 aliphatic rings. The van der Waals surface area contributed by atoms with E-state index in [1.54, 1.807) is 12.1 Å². The minimum atomic E-state index is -0.633. The zero-order valence-electron chi connectivity index (χ0n) is 15.7. The van der Waals surface area contributed by atoms with Gasteiger partial charge in [-0.15, -0.1) is 0 Å². The lowest BCUT2D eigenvalue weighted by molar-refractivity contribution is -0.890. The largest absolute Gasteiger partial charge is 0.422 e. The van der Waals surface area contributed by atoms with Crippen LogP contribution in [0.2, 0.25) is 0 Å². The van der Waals surface area contributed by atoms with Crippen LogP contribution in [0.1, 0.15) is 16.8 Å². The molecule has 1 amide bonds. The molecular weight excluding hydrogens is 344 g/mol. The Morgan fingerprint density at radius 2 is 1.89 bits per heavy atom. The Hall–Kier alpha value is -2.70. The van der Waals surface area contributed by atoms with E-state index in [1.165, 1.54) is 0 Å². The molecule has 1 aromatic heterocycles. The van der Waals surface area contributed by atoms with Crippen LogP contribution in [0.3, 0.4) is 0 Å². The topological polar surface area (TPSA) is 79.5 Å². The minimum absolute atomic E-state index is 0.0166. The number of hydrogen-bond acceptors (Lipinski definition) is 4. The second kappa shape index (κ2) is 7.90. The average molecular weight is 369 g/mol. The van der Waals surface area contributed by atoms with Crippen molar-refractivity contribution in [3.05, 3.63) is 58.4 Å². The molecule has 0 radical (unpaired) electrons. The van der Waals surface area contributed by atoms with E-state index in [4.69, 9.17) is 9.52 Å². The van der Waals surface area contributed by atoms with Crippen LogP contribution in [0.15, 0.2) is 51.7 Å². The van der Waals surface area contributed by atoms with Crippen LogP contribution in [0.4, 0.5) is 0 Å². The first kappa shape index (κ1) is 19.1. The molecule has 0 bridgehead atoms. The summed E-state index contributed by atoms with van der Waals surface area (Å²) >= 11 is 0. The number of aliphatic hydroxyl groups excluding tert-OH is 1. The highest BCUT2D eigenvalue weighted by Crippen LogP contribution is 2.24. The number of carbonyl (C=O) groups excluding carboxylic acids is 1. The van der Waals surface area contributed by atoms with Crippen LogP contribution in [-0.4, -0.2) is 55.8 Å². The molecule has 0 saturated heterocycles. The fraction of sp³-hybridized carbons (Fsp3) is 0.333. The van der Waals surface area contributed by atoms with Gasteiger partial charge in [-0.25, -0.2) is 4.79 Å². The summed E-state index contributed by atoms with van der Waals surface area (Å²) in [5, 5.41) is 14.6. The van der Waals surface area contributed by atoms with Crippen LogP contribution in [0.25, 0.3) is 21.7 Å². The van der Waals surface area contributed by atoms with Gasteiger partial charge in [-0.05, 0) is 22.9 Å². The molecule has 142 valence electrons.